The first kappa shape index (κ1) is 11.7. The lowest BCUT2D eigenvalue weighted by Crippen LogP contribution is -2.29. The van der Waals surface area contributed by atoms with Gasteiger partial charge in [0.2, 0.25) is 0 Å². The average molecular weight is 240 g/mol. The molecule has 1 atom stereocenters. The summed E-state index contributed by atoms with van der Waals surface area (Å²) in [7, 11) is 0. The Kier molecular flexibility index (Phi) is 3.66. The monoisotopic (exact) mass is 239 g/mol. The number of imidazole rings is 1. The number of hydrogen-bond acceptors (Lipinski definition) is 2. The van der Waals surface area contributed by atoms with Crippen molar-refractivity contribution in [2.45, 2.75) is 38.9 Å². The second kappa shape index (κ2) is 5.02. The number of halogens is 1. The molecule has 0 radical (unpaired) electrons. The van der Waals surface area contributed by atoms with E-state index in [0.717, 1.165) is 24.7 Å². The second-order valence-corrected chi connectivity index (χ2v) is 4.61. The summed E-state index contributed by atoms with van der Waals surface area (Å²) in [5, 5.41) is 4.09. The molecule has 0 amide bonds. The molecule has 0 saturated heterocycles. The number of aryl methyl sites for hydroxylation is 1. The van der Waals surface area contributed by atoms with E-state index in [-0.39, 0.29) is 0 Å². The molecule has 16 heavy (non-hydrogen) atoms. The minimum Gasteiger partial charge on any atom is -0.332 e. The van der Waals surface area contributed by atoms with Crippen LogP contribution in [-0.2, 0) is 13.1 Å². The number of aromatic nitrogens is 2. The molecule has 0 spiro atoms. The van der Waals surface area contributed by atoms with Gasteiger partial charge in [0.15, 0.2) is 5.15 Å². The normalized spacial score (nSPS) is 17.4. The third-order valence-corrected chi connectivity index (χ3v) is 3.44. The zero-order chi connectivity index (χ0) is 11.5. The smallest absolute Gasteiger partial charge is 0.151 e. The van der Waals surface area contributed by atoms with Gasteiger partial charge in [-0.25, -0.2) is 4.98 Å². The van der Waals surface area contributed by atoms with Gasteiger partial charge in [0.05, 0.1) is 12.0 Å². The van der Waals surface area contributed by atoms with Crippen LogP contribution in [0.2, 0.25) is 5.15 Å². The quantitative estimate of drug-likeness (QED) is 0.774. The summed E-state index contributed by atoms with van der Waals surface area (Å²) in [6.07, 6.45) is 6.41. The number of rotatable bonds is 6. The number of nitrogens with one attached hydrogen (secondary N) is 1. The fourth-order valence-electron chi connectivity index (χ4n) is 1.94. The Morgan fingerprint density at radius 3 is 3.06 bits per heavy atom. The second-order valence-electron chi connectivity index (χ2n) is 4.25. The molecule has 1 aromatic heterocycles. The van der Waals surface area contributed by atoms with Gasteiger partial charge in [0.1, 0.15) is 0 Å². The third-order valence-electron chi connectivity index (χ3n) is 3.12. The van der Waals surface area contributed by atoms with Crippen molar-refractivity contribution in [3.8, 4) is 0 Å². The first-order valence-electron chi connectivity index (χ1n) is 5.81. The molecular weight excluding hydrogens is 222 g/mol. The maximum absolute atomic E-state index is 6.05. The minimum atomic E-state index is 0.413. The van der Waals surface area contributed by atoms with E-state index < -0.39 is 0 Å². The van der Waals surface area contributed by atoms with Crippen molar-refractivity contribution < 1.29 is 0 Å². The Hall–Kier alpha value is -0.800. The van der Waals surface area contributed by atoms with Gasteiger partial charge < -0.3 is 9.88 Å². The van der Waals surface area contributed by atoms with Gasteiger partial charge in [-0.3, -0.25) is 0 Å². The molecule has 88 valence electrons. The van der Waals surface area contributed by atoms with Crippen molar-refractivity contribution in [3.05, 3.63) is 29.8 Å². The number of hydrogen-bond donors (Lipinski definition) is 1. The fourth-order valence-corrected chi connectivity index (χ4v) is 2.16. The Balaban J connectivity index is 1.97. The summed E-state index contributed by atoms with van der Waals surface area (Å²) in [5.74, 6) is 0.772. The van der Waals surface area contributed by atoms with E-state index in [9.17, 15) is 0 Å². The lowest BCUT2D eigenvalue weighted by atomic mass is 10.2. The highest BCUT2D eigenvalue weighted by molar-refractivity contribution is 6.30. The van der Waals surface area contributed by atoms with Crippen molar-refractivity contribution in [2.24, 2.45) is 5.92 Å². The van der Waals surface area contributed by atoms with Crippen LogP contribution in [0.3, 0.4) is 0 Å². The topological polar surface area (TPSA) is 29.9 Å². The lowest BCUT2D eigenvalue weighted by molar-refractivity contribution is 0.523. The molecule has 4 heteroatoms. The Morgan fingerprint density at radius 2 is 2.50 bits per heavy atom. The molecule has 1 N–H and O–H groups in total. The maximum atomic E-state index is 6.05. The summed E-state index contributed by atoms with van der Waals surface area (Å²) >= 11 is 6.05. The molecule has 0 aliphatic heterocycles. The summed E-state index contributed by atoms with van der Waals surface area (Å²) in [6, 6.07) is 0.413. The first-order valence-corrected chi connectivity index (χ1v) is 6.19. The summed E-state index contributed by atoms with van der Waals surface area (Å²) in [5.41, 5.74) is 1.07. The molecule has 1 saturated carbocycles. The van der Waals surface area contributed by atoms with E-state index in [1.165, 1.54) is 12.8 Å². The van der Waals surface area contributed by atoms with Crippen LogP contribution < -0.4 is 5.32 Å². The summed E-state index contributed by atoms with van der Waals surface area (Å²) in [4.78, 5) is 4.11. The molecule has 1 unspecified atom stereocenters. The van der Waals surface area contributed by atoms with E-state index in [1.807, 2.05) is 6.08 Å². The Bertz CT molecular complexity index is 368. The van der Waals surface area contributed by atoms with Gasteiger partial charge in [0.25, 0.3) is 0 Å². The standard InChI is InChI=1S/C12H18ClN3/c1-3-10(9-5-6-9)14-7-11-12(13)15-8-16(11)4-2/h3,8-10,14H,1,4-7H2,2H3. The van der Waals surface area contributed by atoms with Crippen molar-refractivity contribution in [2.75, 3.05) is 0 Å². The van der Waals surface area contributed by atoms with E-state index in [2.05, 4.69) is 28.4 Å². The van der Waals surface area contributed by atoms with Crippen molar-refractivity contribution in [1.29, 1.82) is 0 Å². The highest BCUT2D eigenvalue weighted by Gasteiger charge is 2.28. The highest BCUT2D eigenvalue weighted by Crippen LogP contribution is 2.33. The van der Waals surface area contributed by atoms with Crippen molar-refractivity contribution in [3.63, 3.8) is 0 Å². The van der Waals surface area contributed by atoms with Crippen LogP contribution in [0.5, 0.6) is 0 Å². The predicted molar refractivity (Wildman–Crippen MR) is 66.5 cm³/mol. The van der Waals surface area contributed by atoms with Gasteiger partial charge >= 0.3 is 0 Å². The zero-order valence-electron chi connectivity index (χ0n) is 9.62. The SMILES string of the molecule is C=CC(NCc1c(Cl)ncn1CC)C1CC1. The van der Waals surface area contributed by atoms with Crippen molar-refractivity contribution in [1.82, 2.24) is 14.9 Å². The van der Waals surface area contributed by atoms with E-state index in [1.54, 1.807) is 6.33 Å². The van der Waals surface area contributed by atoms with Gasteiger partial charge in [-0.2, -0.15) is 0 Å². The first-order chi connectivity index (χ1) is 7.76. The molecule has 1 heterocycles. The molecule has 0 bridgehead atoms. The van der Waals surface area contributed by atoms with Gasteiger partial charge in [-0.05, 0) is 25.7 Å². The lowest BCUT2D eigenvalue weighted by Gasteiger charge is -2.14. The molecule has 2 rings (SSSR count). The largest absolute Gasteiger partial charge is 0.332 e. The maximum Gasteiger partial charge on any atom is 0.151 e. The molecule has 1 fully saturated rings. The number of nitrogens with zero attached hydrogens (tertiary/aromatic N) is 2. The van der Waals surface area contributed by atoms with E-state index >= 15 is 0 Å². The van der Waals surface area contributed by atoms with Crippen LogP contribution >= 0.6 is 11.6 Å². The zero-order valence-corrected chi connectivity index (χ0v) is 10.4. The Labute approximate surface area is 102 Å². The third kappa shape index (κ3) is 2.47. The van der Waals surface area contributed by atoms with Gasteiger partial charge in [-0.15, -0.1) is 6.58 Å². The van der Waals surface area contributed by atoms with E-state index in [4.69, 9.17) is 11.6 Å². The molecule has 1 aliphatic rings. The van der Waals surface area contributed by atoms with Crippen LogP contribution in [0.4, 0.5) is 0 Å². The summed E-state index contributed by atoms with van der Waals surface area (Å²) in [6.45, 7) is 7.63. The van der Waals surface area contributed by atoms with Crippen LogP contribution in [0.1, 0.15) is 25.5 Å². The average Bonchev–Trinajstić information content (AvgIpc) is 3.06. The predicted octanol–water partition coefficient (Wildman–Crippen LogP) is 2.61. The Morgan fingerprint density at radius 1 is 1.75 bits per heavy atom. The van der Waals surface area contributed by atoms with Crippen LogP contribution in [0.25, 0.3) is 0 Å². The van der Waals surface area contributed by atoms with Crippen LogP contribution in [0.15, 0.2) is 19.0 Å². The van der Waals surface area contributed by atoms with Gasteiger partial charge in [-0.1, -0.05) is 17.7 Å². The molecule has 3 nitrogen and oxygen atoms in total. The summed E-state index contributed by atoms with van der Waals surface area (Å²) < 4.78 is 2.07. The molecular formula is C12H18ClN3. The van der Waals surface area contributed by atoms with Gasteiger partial charge in [0, 0.05) is 19.1 Å². The van der Waals surface area contributed by atoms with Crippen LogP contribution in [0, 0.1) is 5.92 Å². The van der Waals surface area contributed by atoms with Crippen molar-refractivity contribution >= 4 is 11.6 Å². The molecule has 1 aliphatic carbocycles. The highest BCUT2D eigenvalue weighted by atomic mass is 35.5. The minimum absolute atomic E-state index is 0.413. The fraction of sp³-hybridized carbons (Fsp3) is 0.583. The van der Waals surface area contributed by atoms with E-state index in [0.29, 0.717) is 11.2 Å². The molecule has 0 aromatic carbocycles. The molecule has 1 aromatic rings. The van der Waals surface area contributed by atoms with Crippen LogP contribution in [-0.4, -0.2) is 15.6 Å².